The van der Waals surface area contributed by atoms with E-state index in [4.69, 9.17) is 9.47 Å². The van der Waals surface area contributed by atoms with Gasteiger partial charge in [-0.05, 0) is 41.0 Å². The summed E-state index contributed by atoms with van der Waals surface area (Å²) in [7, 11) is 7.81. The number of halogens is 1. The smallest absolute Gasteiger partial charge is 0.331 e. The Morgan fingerprint density at radius 1 is 0.810 bits per heavy atom. The fraction of sp³-hybridized carbons (Fsp3) is 0.714. The molecule has 7 heteroatoms. The maximum atomic E-state index is 11.3. The van der Waals surface area contributed by atoms with Gasteiger partial charge >= 0.3 is 11.9 Å². The molecule has 0 bridgehead atoms. The highest BCUT2D eigenvalue weighted by molar-refractivity contribution is 5.91. The predicted octanol–water partition coefficient (Wildman–Crippen LogP) is 0.954. The van der Waals surface area contributed by atoms with Gasteiger partial charge in [-0.3, -0.25) is 0 Å². The average molecular weight is 323 g/mol. The lowest BCUT2D eigenvalue weighted by Crippen LogP contribution is -2.16. The molecule has 0 amide bonds. The van der Waals surface area contributed by atoms with E-state index in [1.54, 1.807) is 0 Å². The van der Waals surface area contributed by atoms with Crippen molar-refractivity contribution in [2.45, 2.75) is 12.8 Å². The van der Waals surface area contributed by atoms with Crippen LogP contribution in [-0.2, 0) is 19.1 Å². The van der Waals surface area contributed by atoms with Crippen molar-refractivity contribution in [1.29, 1.82) is 0 Å². The number of ether oxygens (including phenoxy) is 2. The molecule has 0 saturated heterocycles. The summed E-state index contributed by atoms with van der Waals surface area (Å²) in [5.74, 6) is -1.04. The van der Waals surface area contributed by atoms with E-state index in [0.717, 1.165) is 38.1 Å². The highest BCUT2D eigenvalue weighted by Gasteiger charge is 2.01. The number of carbonyl (C=O) groups is 2. The molecule has 0 radical (unpaired) electrons. The van der Waals surface area contributed by atoms with E-state index < -0.39 is 11.9 Å². The zero-order valence-electron chi connectivity index (χ0n) is 13.3. The first-order valence-corrected chi connectivity index (χ1v) is 6.73. The molecule has 0 aromatic rings. The molecule has 0 rings (SSSR count). The minimum Gasteiger partial charge on any atom is -0.462 e. The van der Waals surface area contributed by atoms with Gasteiger partial charge in [0.05, 0.1) is 13.2 Å². The molecule has 0 unspecified atom stereocenters. The summed E-state index contributed by atoms with van der Waals surface area (Å²) in [6, 6.07) is 0. The first-order chi connectivity index (χ1) is 9.41. The Labute approximate surface area is 133 Å². The van der Waals surface area contributed by atoms with Gasteiger partial charge in [-0.15, -0.1) is 12.4 Å². The second-order valence-corrected chi connectivity index (χ2v) is 4.98. The monoisotopic (exact) mass is 322 g/mol. The van der Waals surface area contributed by atoms with Gasteiger partial charge in [-0.25, -0.2) is 9.59 Å². The van der Waals surface area contributed by atoms with Crippen molar-refractivity contribution in [2.24, 2.45) is 0 Å². The van der Waals surface area contributed by atoms with E-state index >= 15 is 0 Å². The van der Waals surface area contributed by atoms with Crippen LogP contribution in [0, 0.1) is 0 Å². The third-order valence-electron chi connectivity index (χ3n) is 2.34. The van der Waals surface area contributed by atoms with Crippen LogP contribution in [0.4, 0.5) is 0 Å². The second kappa shape index (κ2) is 13.9. The number of hydrogen-bond donors (Lipinski definition) is 0. The molecular formula is C14H27ClN2O4. The maximum Gasteiger partial charge on any atom is 0.331 e. The Hall–Kier alpha value is -1.11. The summed E-state index contributed by atoms with van der Waals surface area (Å²) in [6.07, 6.45) is 3.73. The van der Waals surface area contributed by atoms with E-state index in [1.165, 1.54) is 0 Å². The van der Waals surface area contributed by atoms with Gasteiger partial charge in [0, 0.05) is 25.2 Å². The van der Waals surface area contributed by atoms with Crippen LogP contribution in [0.25, 0.3) is 0 Å². The summed E-state index contributed by atoms with van der Waals surface area (Å²) in [5.41, 5.74) is 0. The molecule has 124 valence electrons. The van der Waals surface area contributed by atoms with Crippen molar-refractivity contribution in [3.63, 3.8) is 0 Å². The van der Waals surface area contributed by atoms with Gasteiger partial charge in [0.15, 0.2) is 0 Å². The highest BCUT2D eigenvalue weighted by atomic mass is 35.5. The van der Waals surface area contributed by atoms with E-state index in [0.29, 0.717) is 13.2 Å². The van der Waals surface area contributed by atoms with Crippen LogP contribution in [0.3, 0.4) is 0 Å². The molecule has 0 N–H and O–H groups in total. The molecule has 0 aliphatic rings. The molecule has 0 aliphatic carbocycles. The fourth-order valence-electron chi connectivity index (χ4n) is 1.34. The Kier molecular flexibility index (Phi) is 14.6. The fourth-order valence-corrected chi connectivity index (χ4v) is 1.34. The van der Waals surface area contributed by atoms with Crippen LogP contribution in [0.1, 0.15) is 12.8 Å². The van der Waals surface area contributed by atoms with Crippen LogP contribution < -0.4 is 0 Å². The largest absolute Gasteiger partial charge is 0.462 e. The standard InChI is InChI=1S/C14H26N2O4.ClH/c1-15(2)9-5-11-19-13(17)7-8-14(18)20-12-6-10-16(3)4;/h7-8H,5-6,9-12H2,1-4H3;1H/b8-7+;. The number of carbonyl (C=O) groups excluding carboxylic acids is 2. The summed E-state index contributed by atoms with van der Waals surface area (Å²) in [5, 5.41) is 0. The van der Waals surface area contributed by atoms with Gasteiger partial charge in [0.25, 0.3) is 0 Å². The van der Waals surface area contributed by atoms with Crippen molar-refractivity contribution in [2.75, 3.05) is 54.5 Å². The van der Waals surface area contributed by atoms with Crippen LogP contribution in [-0.4, -0.2) is 76.2 Å². The van der Waals surface area contributed by atoms with E-state index in [-0.39, 0.29) is 12.4 Å². The van der Waals surface area contributed by atoms with Gasteiger partial charge < -0.3 is 19.3 Å². The van der Waals surface area contributed by atoms with Crippen molar-refractivity contribution in [3.05, 3.63) is 12.2 Å². The highest BCUT2D eigenvalue weighted by Crippen LogP contribution is 1.91. The lowest BCUT2D eigenvalue weighted by Gasteiger charge is -2.08. The van der Waals surface area contributed by atoms with Crippen molar-refractivity contribution < 1.29 is 19.1 Å². The Morgan fingerprint density at radius 3 is 1.43 bits per heavy atom. The Balaban J connectivity index is 0. The van der Waals surface area contributed by atoms with Crippen LogP contribution >= 0.6 is 12.4 Å². The summed E-state index contributed by atoms with van der Waals surface area (Å²) < 4.78 is 9.87. The predicted molar refractivity (Wildman–Crippen MR) is 84.6 cm³/mol. The molecule has 21 heavy (non-hydrogen) atoms. The molecule has 0 saturated carbocycles. The maximum absolute atomic E-state index is 11.3. The molecule has 0 heterocycles. The van der Waals surface area contributed by atoms with Gasteiger partial charge in [0.1, 0.15) is 0 Å². The third-order valence-corrected chi connectivity index (χ3v) is 2.34. The summed E-state index contributed by atoms with van der Waals surface area (Å²) in [4.78, 5) is 26.6. The molecule has 6 nitrogen and oxygen atoms in total. The van der Waals surface area contributed by atoms with Crippen LogP contribution in [0.15, 0.2) is 12.2 Å². The second-order valence-electron chi connectivity index (χ2n) is 4.98. The molecular weight excluding hydrogens is 296 g/mol. The van der Waals surface area contributed by atoms with E-state index in [1.807, 2.05) is 38.0 Å². The third kappa shape index (κ3) is 16.8. The number of nitrogens with zero attached hydrogens (tertiary/aromatic N) is 2. The number of esters is 2. The molecule has 0 fully saturated rings. The molecule has 0 atom stereocenters. The van der Waals surface area contributed by atoms with Crippen molar-refractivity contribution in [1.82, 2.24) is 9.80 Å². The van der Waals surface area contributed by atoms with Crippen molar-refractivity contribution >= 4 is 24.3 Å². The van der Waals surface area contributed by atoms with Gasteiger partial charge in [0.2, 0.25) is 0 Å². The van der Waals surface area contributed by atoms with Crippen LogP contribution in [0.2, 0.25) is 0 Å². The summed E-state index contributed by atoms with van der Waals surface area (Å²) in [6.45, 7) is 2.40. The minimum absolute atomic E-state index is 0. The number of hydrogen-bond acceptors (Lipinski definition) is 6. The lowest BCUT2D eigenvalue weighted by atomic mass is 10.4. The van der Waals surface area contributed by atoms with Crippen molar-refractivity contribution in [3.8, 4) is 0 Å². The van der Waals surface area contributed by atoms with Gasteiger partial charge in [-0.2, -0.15) is 0 Å². The SMILES string of the molecule is CN(C)CCCOC(=O)/C=C/C(=O)OCCCN(C)C.Cl. The quantitative estimate of drug-likeness (QED) is 0.339. The molecule has 0 aromatic carbocycles. The molecule has 0 aromatic heterocycles. The minimum atomic E-state index is -0.519. The normalized spacial score (nSPS) is 10.8. The summed E-state index contributed by atoms with van der Waals surface area (Å²) >= 11 is 0. The lowest BCUT2D eigenvalue weighted by molar-refractivity contribution is -0.140. The van der Waals surface area contributed by atoms with Gasteiger partial charge in [-0.1, -0.05) is 0 Å². The zero-order chi connectivity index (χ0) is 15.4. The first-order valence-electron chi connectivity index (χ1n) is 6.73. The Bertz CT molecular complexity index is 290. The van der Waals surface area contributed by atoms with E-state index in [9.17, 15) is 9.59 Å². The average Bonchev–Trinajstić information content (AvgIpc) is 2.37. The zero-order valence-corrected chi connectivity index (χ0v) is 14.1. The topological polar surface area (TPSA) is 59.1 Å². The van der Waals surface area contributed by atoms with E-state index in [2.05, 4.69) is 0 Å². The van der Waals surface area contributed by atoms with Crippen LogP contribution in [0.5, 0.6) is 0 Å². The first kappa shape index (κ1) is 22.2. The molecule has 0 aliphatic heterocycles. The molecule has 0 spiro atoms. The Morgan fingerprint density at radius 2 is 1.14 bits per heavy atom. The number of rotatable bonds is 10.